The maximum Gasteiger partial charge on any atom is 0.277 e. The molecule has 148 valence electrons. The molecule has 10 nitrogen and oxygen atoms in total. The van der Waals surface area contributed by atoms with Gasteiger partial charge in [0.05, 0.1) is 33.8 Å². The average Bonchev–Trinajstić information content (AvgIpc) is 3.16. The number of thiazole rings is 1. The second-order valence-corrected chi connectivity index (χ2v) is 6.56. The highest BCUT2D eigenvalue weighted by Gasteiger charge is 2.20. The number of ether oxygens (including phenoxy) is 1. The standard InChI is InChI=1S/C18H14N4O6S/c1-2-28-15-5-3-11(4-6-15)16-10-29-18(19-16)20-17(23)12-7-13(21(24)25)9-14(8-12)22(26)27/h3-10H,2H2,1H3,(H,19,20,23). The molecular weight excluding hydrogens is 400 g/mol. The summed E-state index contributed by atoms with van der Waals surface area (Å²) in [5.74, 6) is -0.00309. The van der Waals surface area contributed by atoms with E-state index in [0.29, 0.717) is 12.3 Å². The molecule has 29 heavy (non-hydrogen) atoms. The second kappa shape index (κ2) is 8.44. The van der Waals surface area contributed by atoms with E-state index in [-0.39, 0.29) is 10.7 Å². The van der Waals surface area contributed by atoms with E-state index in [1.54, 1.807) is 17.5 Å². The van der Waals surface area contributed by atoms with Crippen LogP contribution < -0.4 is 10.1 Å². The van der Waals surface area contributed by atoms with Crippen molar-refractivity contribution in [2.24, 2.45) is 0 Å². The molecule has 3 rings (SSSR count). The van der Waals surface area contributed by atoms with E-state index in [9.17, 15) is 25.0 Å². The first kappa shape index (κ1) is 19.9. The van der Waals surface area contributed by atoms with Crippen LogP contribution in [0.3, 0.4) is 0 Å². The van der Waals surface area contributed by atoms with Crippen molar-refractivity contribution in [2.75, 3.05) is 11.9 Å². The first-order valence-electron chi connectivity index (χ1n) is 8.31. The number of carbonyl (C=O) groups is 1. The number of nitrogens with one attached hydrogen (secondary N) is 1. The van der Waals surface area contributed by atoms with Gasteiger partial charge in [-0.1, -0.05) is 0 Å². The van der Waals surface area contributed by atoms with Crippen molar-refractivity contribution >= 4 is 33.8 Å². The Morgan fingerprint density at radius 3 is 2.28 bits per heavy atom. The number of hydrogen-bond donors (Lipinski definition) is 1. The summed E-state index contributed by atoms with van der Waals surface area (Å²) in [4.78, 5) is 37.1. The molecule has 0 saturated heterocycles. The van der Waals surface area contributed by atoms with Crippen molar-refractivity contribution in [3.63, 3.8) is 0 Å². The molecular formula is C18H14N4O6S. The molecule has 0 atom stereocenters. The van der Waals surface area contributed by atoms with Gasteiger partial charge in [-0.3, -0.25) is 30.3 Å². The Morgan fingerprint density at radius 2 is 1.72 bits per heavy atom. The second-order valence-electron chi connectivity index (χ2n) is 5.70. The van der Waals surface area contributed by atoms with Crippen molar-refractivity contribution in [3.05, 3.63) is 73.6 Å². The summed E-state index contributed by atoms with van der Waals surface area (Å²) in [5.41, 5.74) is 0.149. The number of nitro benzene ring substituents is 2. The number of nitrogens with zero attached hydrogens (tertiary/aromatic N) is 3. The van der Waals surface area contributed by atoms with Gasteiger partial charge in [0, 0.05) is 23.1 Å². The van der Waals surface area contributed by atoms with Crippen LogP contribution in [-0.2, 0) is 0 Å². The predicted molar refractivity (Wildman–Crippen MR) is 106 cm³/mol. The summed E-state index contributed by atoms with van der Waals surface area (Å²) in [6, 6.07) is 10.0. The van der Waals surface area contributed by atoms with Crippen LogP contribution in [0.5, 0.6) is 5.75 Å². The average molecular weight is 414 g/mol. The van der Waals surface area contributed by atoms with Gasteiger partial charge in [0.2, 0.25) is 0 Å². The lowest BCUT2D eigenvalue weighted by molar-refractivity contribution is -0.394. The van der Waals surface area contributed by atoms with Gasteiger partial charge in [-0.25, -0.2) is 4.98 Å². The summed E-state index contributed by atoms with van der Waals surface area (Å²) in [6.07, 6.45) is 0. The molecule has 0 bridgehead atoms. The number of anilines is 1. The molecule has 0 fully saturated rings. The quantitative estimate of drug-likeness (QED) is 0.450. The van der Waals surface area contributed by atoms with E-state index in [1.807, 2.05) is 19.1 Å². The molecule has 2 aromatic carbocycles. The van der Waals surface area contributed by atoms with Crippen LogP contribution in [0.1, 0.15) is 17.3 Å². The number of benzene rings is 2. The van der Waals surface area contributed by atoms with E-state index in [1.165, 1.54) is 0 Å². The highest BCUT2D eigenvalue weighted by atomic mass is 32.1. The zero-order valence-corrected chi connectivity index (χ0v) is 15.8. The van der Waals surface area contributed by atoms with Crippen molar-refractivity contribution < 1.29 is 19.4 Å². The van der Waals surface area contributed by atoms with E-state index in [2.05, 4.69) is 10.3 Å². The lowest BCUT2D eigenvalue weighted by atomic mass is 10.1. The van der Waals surface area contributed by atoms with Crippen molar-refractivity contribution in [1.29, 1.82) is 0 Å². The van der Waals surface area contributed by atoms with Crippen molar-refractivity contribution in [1.82, 2.24) is 4.98 Å². The third-order valence-corrected chi connectivity index (χ3v) is 4.53. The van der Waals surface area contributed by atoms with Crippen molar-refractivity contribution in [2.45, 2.75) is 6.92 Å². The summed E-state index contributed by atoms with van der Waals surface area (Å²) in [7, 11) is 0. The molecule has 11 heteroatoms. The van der Waals surface area contributed by atoms with Gasteiger partial charge in [0.15, 0.2) is 5.13 Å². The first-order valence-corrected chi connectivity index (χ1v) is 9.19. The summed E-state index contributed by atoms with van der Waals surface area (Å²) in [5, 5.41) is 26.4. The topological polar surface area (TPSA) is 138 Å². The van der Waals surface area contributed by atoms with Crippen LogP contribution in [-0.4, -0.2) is 27.3 Å². The van der Waals surface area contributed by atoms with E-state index >= 15 is 0 Å². The van der Waals surface area contributed by atoms with Crippen molar-refractivity contribution in [3.8, 4) is 17.0 Å². The Morgan fingerprint density at radius 1 is 1.10 bits per heavy atom. The predicted octanol–water partition coefficient (Wildman–Crippen LogP) is 4.28. The molecule has 0 unspecified atom stereocenters. The number of amides is 1. The molecule has 0 aliphatic rings. The van der Waals surface area contributed by atoms with Gasteiger partial charge in [0.1, 0.15) is 5.75 Å². The lowest BCUT2D eigenvalue weighted by Gasteiger charge is -2.03. The number of non-ortho nitro benzene ring substituents is 2. The fourth-order valence-corrected chi connectivity index (χ4v) is 3.17. The number of rotatable bonds is 7. The minimum absolute atomic E-state index is 0.205. The normalized spacial score (nSPS) is 10.4. The maximum absolute atomic E-state index is 12.4. The zero-order chi connectivity index (χ0) is 21.0. The van der Waals surface area contributed by atoms with Crippen LogP contribution in [0.4, 0.5) is 16.5 Å². The molecule has 0 radical (unpaired) electrons. The molecule has 3 aromatic rings. The van der Waals surface area contributed by atoms with Crippen LogP contribution in [0.2, 0.25) is 0 Å². The van der Waals surface area contributed by atoms with Gasteiger partial charge in [-0.2, -0.15) is 0 Å². The smallest absolute Gasteiger partial charge is 0.277 e. The minimum Gasteiger partial charge on any atom is -0.494 e. The van der Waals surface area contributed by atoms with Gasteiger partial charge in [-0.05, 0) is 31.2 Å². The molecule has 1 N–H and O–H groups in total. The number of carbonyl (C=O) groups excluding carboxylic acids is 1. The van der Waals surface area contributed by atoms with Crippen LogP contribution in [0.25, 0.3) is 11.3 Å². The lowest BCUT2D eigenvalue weighted by Crippen LogP contribution is -2.12. The summed E-state index contributed by atoms with van der Waals surface area (Å²) < 4.78 is 5.39. The molecule has 1 amide bonds. The molecule has 1 heterocycles. The third-order valence-electron chi connectivity index (χ3n) is 3.77. The molecule has 0 saturated carbocycles. The summed E-state index contributed by atoms with van der Waals surface area (Å²) in [6.45, 7) is 2.45. The first-order chi connectivity index (χ1) is 13.9. The van der Waals surface area contributed by atoms with E-state index < -0.39 is 27.1 Å². The molecule has 1 aromatic heterocycles. The Hall–Kier alpha value is -3.86. The highest BCUT2D eigenvalue weighted by Crippen LogP contribution is 2.28. The number of hydrogen-bond acceptors (Lipinski definition) is 8. The van der Waals surface area contributed by atoms with E-state index in [4.69, 9.17) is 4.74 Å². The van der Waals surface area contributed by atoms with Crippen LogP contribution in [0, 0.1) is 20.2 Å². The van der Waals surface area contributed by atoms with Gasteiger partial charge < -0.3 is 4.74 Å². The Bertz CT molecular complexity index is 1050. The highest BCUT2D eigenvalue weighted by molar-refractivity contribution is 7.14. The largest absolute Gasteiger partial charge is 0.494 e. The van der Waals surface area contributed by atoms with Gasteiger partial charge >= 0.3 is 0 Å². The van der Waals surface area contributed by atoms with Crippen LogP contribution >= 0.6 is 11.3 Å². The molecule has 0 spiro atoms. The van der Waals surface area contributed by atoms with E-state index in [0.717, 1.165) is 40.8 Å². The third kappa shape index (κ3) is 4.71. The summed E-state index contributed by atoms with van der Waals surface area (Å²) >= 11 is 1.16. The fourth-order valence-electron chi connectivity index (χ4n) is 2.46. The zero-order valence-electron chi connectivity index (χ0n) is 15.0. The number of aromatic nitrogens is 1. The minimum atomic E-state index is -0.794. The Balaban J connectivity index is 1.80. The van der Waals surface area contributed by atoms with Gasteiger partial charge in [-0.15, -0.1) is 11.3 Å². The Labute approximate surface area is 168 Å². The van der Waals surface area contributed by atoms with Gasteiger partial charge in [0.25, 0.3) is 17.3 Å². The fraction of sp³-hybridized carbons (Fsp3) is 0.111. The molecule has 0 aliphatic heterocycles. The number of nitro groups is 2. The monoisotopic (exact) mass is 414 g/mol. The Kier molecular flexibility index (Phi) is 5.79. The van der Waals surface area contributed by atoms with Crippen LogP contribution in [0.15, 0.2) is 47.8 Å². The molecule has 0 aliphatic carbocycles. The maximum atomic E-state index is 12.4. The SMILES string of the molecule is CCOc1ccc(-c2csc(NC(=O)c3cc([N+](=O)[O-])cc([N+](=O)[O-])c3)n2)cc1.